The molecule has 3 N–H and O–H groups in total. The molecule has 18 heavy (non-hydrogen) atoms. The topological polar surface area (TPSA) is 61.4 Å². The number of carbonyl (C=O) groups excluding carboxylic acids is 1. The molecule has 5 heteroatoms. The zero-order valence-corrected chi connectivity index (χ0v) is 11.4. The van der Waals surface area contributed by atoms with Crippen molar-refractivity contribution < 1.29 is 9.90 Å². The fraction of sp³-hybridized carbons (Fsp3) is 0.462. The van der Waals surface area contributed by atoms with E-state index in [-0.39, 0.29) is 18.7 Å². The van der Waals surface area contributed by atoms with Crippen LogP contribution in [-0.4, -0.2) is 23.8 Å². The molecule has 0 aliphatic rings. The maximum atomic E-state index is 11.4. The maximum absolute atomic E-state index is 11.4. The van der Waals surface area contributed by atoms with E-state index in [0.29, 0.717) is 13.0 Å². The van der Waals surface area contributed by atoms with Crippen LogP contribution in [0.2, 0.25) is 0 Å². The highest BCUT2D eigenvalue weighted by Gasteiger charge is 2.05. The largest absolute Gasteiger partial charge is 0.395 e. The van der Waals surface area contributed by atoms with Crippen molar-refractivity contribution in [2.24, 2.45) is 0 Å². The van der Waals surface area contributed by atoms with E-state index in [2.05, 4.69) is 22.5 Å². The molecule has 1 aromatic rings. The summed E-state index contributed by atoms with van der Waals surface area (Å²) in [4.78, 5) is 12.5. The van der Waals surface area contributed by atoms with Gasteiger partial charge in [0, 0.05) is 22.9 Å². The zero-order chi connectivity index (χ0) is 13.4. The Labute approximate surface area is 111 Å². The summed E-state index contributed by atoms with van der Waals surface area (Å²) in [6.07, 6.45) is 0.469. The summed E-state index contributed by atoms with van der Waals surface area (Å²) in [6.45, 7) is 4.37. The predicted molar refractivity (Wildman–Crippen MR) is 73.4 cm³/mol. The van der Waals surface area contributed by atoms with Crippen molar-refractivity contribution in [3.8, 4) is 11.8 Å². The van der Waals surface area contributed by atoms with Gasteiger partial charge in [0.25, 0.3) is 0 Å². The van der Waals surface area contributed by atoms with Gasteiger partial charge in [-0.25, -0.2) is 4.79 Å². The van der Waals surface area contributed by atoms with Crippen LogP contribution in [0.3, 0.4) is 0 Å². The van der Waals surface area contributed by atoms with Gasteiger partial charge < -0.3 is 15.7 Å². The minimum absolute atomic E-state index is 0.0709. The van der Waals surface area contributed by atoms with Crippen LogP contribution in [-0.2, 0) is 6.54 Å². The summed E-state index contributed by atoms with van der Waals surface area (Å²) >= 11 is 1.56. The molecule has 0 bridgehead atoms. The second-order valence-corrected chi connectivity index (χ2v) is 5.02. The fourth-order valence-electron chi connectivity index (χ4n) is 1.28. The molecule has 0 saturated heterocycles. The second-order valence-electron chi connectivity index (χ2n) is 4.01. The molecule has 2 amide bonds. The SMILES string of the molecule is CC(C)NC(=O)NCc1sccc1C#CCCO. The third-order valence-electron chi connectivity index (χ3n) is 2.03. The molecule has 0 unspecified atom stereocenters. The Kier molecular flexibility index (Phi) is 6.26. The number of aliphatic hydroxyl groups excluding tert-OH is 1. The minimum Gasteiger partial charge on any atom is -0.395 e. The number of hydrogen-bond donors (Lipinski definition) is 3. The first-order chi connectivity index (χ1) is 8.63. The van der Waals surface area contributed by atoms with Gasteiger partial charge in [-0.3, -0.25) is 0 Å². The molecule has 1 rings (SSSR count). The Morgan fingerprint density at radius 3 is 3.00 bits per heavy atom. The number of thiophene rings is 1. The molecule has 1 heterocycles. The van der Waals surface area contributed by atoms with E-state index >= 15 is 0 Å². The van der Waals surface area contributed by atoms with Crippen molar-refractivity contribution in [3.63, 3.8) is 0 Å². The zero-order valence-electron chi connectivity index (χ0n) is 10.6. The normalized spacial score (nSPS) is 9.78. The Hall–Kier alpha value is -1.51. The van der Waals surface area contributed by atoms with E-state index in [9.17, 15) is 4.79 Å². The Balaban J connectivity index is 2.51. The third-order valence-corrected chi connectivity index (χ3v) is 2.96. The van der Waals surface area contributed by atoms with E-state index in [1.807, 2.05) is 25.3 Å². The van der Waals surface area contributed by atoms with E-state index in [1.54, 1.807) is 11.3 Å². The molecule has 0 fully saturated rings. The Morgan fingerprint density at radius 1 is 1.56 bits per heavy atom. The summed E-state index contributed by atoms with van der Waals surface area (Å²) < 4.78 is 0. The first kappa shape index (κ1) is 14.6. The van der Waals surface area contributed by atoms with Gasteiger partial charge in [-0.2, -0.15) is 0 Å². The molecule has 1 aromatic heterocycles. The highest BCUT2D eigenvalue weighted by molar-refractivity contribution is 7.10. The van der Waals surface area contributed by atoms with E-state index in [1.165, 1.54) is 0 Å². The van der Waals surface area contributed by atoms with Crippen LogP contribution in [0.25, 0.3) is 0 Å². The lowest BCUT2D eigenvalue weighted by Crippen LogP contribution is -2.38. The number of aliphatic hydroxyl groups is 1. The predicted octanol–water partition coefficient (Wildman–Crippen LogP) is 1.69. The van der Waals surface area contributed by atoms with Gasteiger partial charge >= 0.3 is 6.03 Å². The standard InChI is InChI=1S/C13H18N2O2S/c1-10(2)15-13(17)14-9-12-11(6-8-18-12)5-3-4-7-16/h6,8,10,16H,4,7,9H2,1-2H3,(H2,14,15,17). The van der Waals surface area contributed by atoms with Crippen LogP contribution in [0.5, 0.6) is 0 Å². The number of carbonyl (C=O) groups is 1. The summed E-state index contributed by atoms with van der Waals surface area (Å²) in [7, 11) is 0. The van der Waals surface area contributed by atoms with E-state index in [0.717, 1.165) is 10.4 Å². The monoisotopic (exact) mass is 266 g/mol. The first-order valence-corrected chi connectivity index (χ1v) is 6.72. The molecule has 0 aliphatic heterocycles. The van der Waals surface area contributed by atoms with Crippen LogP contribution in [0.1, 0.15) is 30.7 Å². The van der Waals surface area contributed by atoms with E-state index < -0.39 is 0 Å². The molecule has 0 radical (unpaired) electrons. The van der Waals surface area contributed by atoms with Crippen molar-refractivity contribution >= 4 is 17.4 Å². The van der Waals surface area contributed by atoms with Crippen LogP contribution >= 0.6 is 11.3 Å². The van der Waals surface area contributed by atoms with Crippen LogP contribution in [0.4, 0.5) is 4.79 Å². The molecule has 0 aromatic carbocycles. The lowest BCUT2D eigenvalue weighted by Gasteiger charge is -2.09. The van der Waals surface area contributed by atoms with Gasteiger partial charge in [-0.15, -0.1) is 11.3 Å². The summed E-state index contributed by atoms with van der Waals surface area (Å²) in [5.74, 6) is 5.86. The summed E-state index contributed by atoms with van der Waals surface area (Å²) in [5, 5.41) is 16.2. The van der Waals surface area contributed by atoms with Gasteiger partial charge in [0.15, 0.2) is 0 Å². The van der Waals surface area contributed by atoms with Crippen molar-refractivity contribution in [2.75, 3.05) is 6.61 Å². The average Bonchev–Trinajstić information content (AvgIpc) is 2.73. The smallest absolute Gasteiger partial charge is 0.315 e. The lowest BCUT2D eigenvalue weighted by molar-refractivity contribution is 0.238. The van der Waals surface area contributed by atoms with Crippen LogP contribution < -0.4 is 10.6 Å². The number of nitrogens with one attached hydrogen (secondary N) is 2. The number of hydrogen-bond acceptors (Lipinski definition) is 3. The molecular weight excluding hydrogens is 248 g/mol. The second kappa shape index (κ2) is 7.75. The number of urea groups is 1. The molecule has 4 nitrogen and oxygen atoms in total. The van der Waals surface area contributed by atoms with Crippen molar-refractivity contribution in [2.45, 2.75) is 32.9 Å². The van der Waals surface area contributed by atoms with Gasteiger partial charge in [0.2, 0.25) is 0 Å². The van der Waals surface area contributed by atoms with Crippen LogP contribution in [0.15, 0.2) is 11.4 Å². The Bertz CT molecular complexity index is 443. The van der Waals surface area contributed by atoms with Crippen molar-refractivity contribution in [1.29, 1.82) is 0 Å². The quantitative estimate of drug-likeness (QED) is 0.726. The van der Waals surface area contributed by atoms with E-state index in [4.69, 9.17) is 5.11 Å². The fourth-order valence-corrected chi connectivity index (χ4v) is 2.05. The van der Waals surface area contributed by atoms with Crippen LogP contribution in [0, 0.1) is 11.8 Å². The Morgan fingerprint density at radius 2 is 2.33 bits per heavy atom. The van der Waals surface area contributed by atoms with Gasteiger partial charge in [-0.05, 0) is 25.3 Å². The molecule has 0 atom stereocenters. The molecule has 0 aliphatic carbocycles. The minimum atomic E-state index is -0.173. The average molecular weight is 266 g/mol. The molecule has 0 saturated carbocycles. The highest BCUT2D eigenvalue weighted by Crippen LogP contribution is 2.15. The van der Waals surface area contributed by atoms with Gasteiger partial charge in [-0.1, -0.05) is 11.8 Å². The number of amides is 2. The lowest BCUT2D eigenvalue weighted by atomic mass is 10.2. The third kappa shape index (κ3) is 5.21. The molecule has 98 valence electrons. The summed E-state index contributed by atoms with van der Waals surface area (Å²) in [6, 6.07) is 1.87. The highest BCUT2D eigenvalue weighted by atomic mass is 32.1. The maximum Gasteiger partial charge on any atom is 0.315 e. The molecule has 0 spiro atoms. The van der Waals surface area contributed by atoms with Crippen molar-refractivity contribution in [1.82, 2.24) is 10.6 Å². The van der Waals surface area contributed by atoms with Gasteiger partial charge in [0.1, 0.15) is 0 Å². The van der Waals surface area contributed by atoms with Gasteiger partial charge in [0.05, 0.1) is 13.2 Å². The first-order valence-electron chi connectivity index (χ1n) is 5.84. The van der Waals surface area contributed by atoms with Crippen molar-refractivity contribution in [3.05, 3.63) is 21.9 Å². The number of rotatable bonds is 4. The summed E-state index contributed by atoms with van der Waals surface area (Å²) in [5.41, 5.74) is 0.915. The molecular formula is C13H18N2O2S.